The molecule has 114 valence electrons. The van der Waals surface area contributed by atoms with E-state index in [1.165, 1.54) is 18.9 Å². The van der Waals surface area contributed by atoms with Crippen molar-refractivity contribution in [2.75, 3.05) is 6.61 Å². The Morgan fingerprint density at radius 2 is 2.14 bits per heavy atom. The second-order valence-electron chi connectivity index (χ2n) is 5.35. The van der Waals surface area contributed by atoms with Gasteiger partial charge < -0.3 is 9.30 Å². The Morgan fingerprint density at radius 1 is 1.38 bits per heavy atom. The van der Waals surface area contributed by atoms with E-state index in [2.05, 4.69) is 20.9 Å². The second-order valence-corrected chi connectivity index (χ2v) is 6.47. The van der Waals surface area contributed by atoms with Crippen molar-refractivity contribution in [1.82, 2.24) is 9.55 Å². The first-order valence-electron chi connectivity index (χ1n) is 7.21. The van der Waals surface area contributed by atoms with Crippen LogP contribution in [0.3, 0.4) is 0 Å². The molecule has 1 aromatic heterocycles. The van der Waals surface area contributed by atoms with Crippen LogP contribution in [0.4, 0.5) is 4.39 Å². The molecule has 3 nitrogen and oxygen atoms in total. The molecule has 1 aliphatic carbocycles. The minimum Gasteiger partial charge on any atom is -0.376 e. The first-order chi connectivity index (χ1) is 10.2. The van der Waals surface area contributed by atoms with Crippen molar-refractivity contribution < 1.29 is 9.13 Å². The molecule has 0 amide bonds. The number of benzene rings is 1. The summed E-state index contributed by atoms with van der Waals surface area (Å²) < 4.78 is 22.0. The Hall–Kier alpha value is -0.650. The van der Waals surface area contributed by atoms with E-state index in [0.29, 0.717) is 35.1 Å². The summed E-state index contributed by atoms with van der Waals surface area (Å²) in [5, 5.41) is 0. The first-order valence-corrected chi connectivity index (χ1v) is 8.53. The maximum Gasteiger partial charge on any atom is 0.139 e. The third-order valence-electron chi connectivity index (χ3n) is 3.96. The van der Waals surface area contributed by atoms with Crippen molar-refractivity contribution in [2.24, 2.45) is 0 Å². The van der Waals surface area contributed by atoms with E-state index in [1.54, 1.807) is 6.07 Å². The monoisotopic (exact) mass is 374 g/mol. The summed E-state index contributed by atoms with van der Waals surface area (Å²) in [4.78, 5) is 4.40. The van der Waals surface area contributed by atoms with Gasteiger partial charge in [0.1, 0.15) is 11.6 Å². The average molecular weight is 376 g/mol. The predicted octanol–water partition coefficient (Wildman–Crippen LogP) is 4.64. The lowest BCUT2D eigenvalue weighted by Crippen LogP contribution is -2.14. The fourth-order valence-electron chi connectivity index (χ4n) is 2.89. The third kappa shape index (κ3) is 3.25. The van der Waals surface area contributed by atoms with E-state index in [4.69, 9.17) is 16.3 Å². The number of fused-ring (bicyclic) bond motifs is 1. The van der Waals surface area contributed by atoms with Crippen LogP contribution in [0.2, 0.25) is 0 Å². The van der Waals surface area contributed by atoms with E-state index in [1.807, 2.05) is 4.57 Å². The maximum absolute atomic E-state index is 13.6. The van der Waals surface area contributed by atoms with Crippen LogP contribution in [-0.2, 0) is 17.2 Å². The van der Waals surface area contributed by atoms with E-state index in [-0.39, 0.29) is 5.82 Å². The molecule has 1 heterocycles. The molecule has 0 N–H and O–H groups in total. The quantitative estimate of drug-likeness (QED) is 0.712. The molecular formula is C15H17BrClFN2O. The zero-order valence-corrected chi connectivity index (χ0v) is 14.0. The van der Waals surface area contributed by atoms with Crippen molar-refractivity contribution in [2.45, 2.75) is 44.2 Å². The third-order valence-corrected chi connectivity index (χ3v) is 4.81. The average Bonchev–Trinajstić information content (AvgIpc) is 3.08. The number of nitrogens with zero attached hydrogens (tertiary/aromatic N) is 2. The summed E-state index contributed by atoms with van der Waals surface area (Å²) in [5.41, 5.74) is 1.51. The molecule has 1 fully saturated rings. The number of ether oxygens (including phenoxy) is 1. The molecule has 1 aromatic carbocycles. The number of alkyl halides is 1. The van der Waals surface area contributed by atoms with Crippen molar-refractivity contribution >= 4 is 38.6 Å². The van der Waals surface area contributed by atoms with Crippen LogP contribution >= 0.6 is 27.5 Å². The Balaban J connectivity index is 1.80. The number of aromatic nitrogens is 2. The van der Waals surface area contributed by atoms with E-state index in [0.717, 1.165) is 24.2 Å². The molecule has 3 rings (SSSR count). The summed E-state index contributed by atoms with van der Waals surface area (Å²) in [6, 6.07) is 3.19. The number of imidazole rings is 1. The van der Waals surface area contributed by atoms with Gasteiger partial charge in [-0.05, 0) is 34.8 Å². The van der Waals surface area contributed by atoms with Crippen molar-refractivity contribution in [3.8, 4) is 0 Å². The molecule has 0 aliphatic heterocycles. The highest BCUT2D eigenvalue weighted by Crippen LogP contribution is 2.25. The lowest BCUT2D eigenvalue weighted by Gasteiger charge is -2.13. The highest BCUT2D eigenvalue weighted by Gasteiger charge is 2.16. The minimum atomic E-state index is -0.310. The number of rotatable bonds is 5. The Labute approximate surface area is 136 Å². The van der Waals surface area contributed by atoms with Gasteiger partial charge in [-0.1, -0.05) is 12.8 Å². The summed E-state index contributed by atoms with van der Waals surface area (Å²) in [6.45, 7) is 1.32. The van der Waals surface area contributed by atoms with Crippen LogP contribution in [0.15, 0.2) is 16.6 Å². The van der Waals surface area contributed by atoms with Crippen LogP contribution in [0, 0.1) is 5.82 Å². The smallest absolute Gasteiger partial charge is 0.139 e. The minimum absolute atomic E-state index is 0.303. The van der Waals surface area contributed by atoms with Gasteiger partial charge in [0.05, 0.1) is 34.1 Å². The zero-order valence-electron chi connectivity index (χ0n) is 11.6. The topological polar surface area (TPSA) is 27.1 Å². The van der Waals surface area contributed by atoms with Crippen LogP contribution in [-0.4, -0.2) is 22.3 Å². The fourth-order valence-corrected chi connectivity index (χ4v) is 3.42. The van der Waals surface area contributed by atoms with Gasteiger partial charge in [0, 0.05) is 12.6 Å². The highest BCUT2D eigenvalue weighted by atomic mass is 79.9. The lowest BCUT2D eigenvalue weighted by atomic mass is 10.3. The van der Waals surface area contributed by atoms with E-state index < -0.39 is 0 Å². The summed E-state index contributed by atoms with van der Waals surface area (Å²) in [5.74, 6) is 0.742. The standard InChI is InChI=1S/C15H17BrClFN2O/c16-11-7-14-13(8-12(11)18)19-15(9-17)20(14)5-6-21-10-3-1-2-4-10/h7-8,10H,1-6,9H2. The number of hydrogen-bond acceptors (Lipinski definition) is 2. The predicted molar refractivity (Wildman–Crippen MR) is 85.2 cm³/mol. The van der Waals surface area contributed by atoms with Crippen molar-refractivity contribution in [1.29, 1.82) is 0 Å². The van der Waals surface area contributed by atoms with Crippen LogP contribution in [0.25, 0.3) is 11.0 Å². The Bertz CT molecular complexity index is 640. The highest BCUT2D eigenvalue weighted by molar-refractivity contribution is 9.10. The Morgan fingerprint density at radius 3 is 2.86 bits per heavy atom. The van der Waals surface area contributed by atoms with Gasteiger partial charge in [0.15, 0.2) is 0 Å². The van der Waals surface area contributed by atoms with Gasteiger partial charge >= 0.3 is 0 Å². The van der Waals surface area contributed by atoms with Crippen molar-refractivity contribution in [3.05, 3.63) is 28.2 Å². The first kappa shape index (κ1) is 15.3. The molecule has 1 saturated carbocycles. The molecule has 0 bridgehead atoms. The molecule has 6 heteroatoms. The fraction of sp³-hybridized carbons (Fsp3) is 0.533. The largest absolute Gasteiger partial charge is 0.376 e. The van der Waals surface area contributed by atoms with Gasteiger partial charge in [0.25, 0.3) is 0 Å². The van der Waals surface area contributed by atoms with Gasteiger partial charge in [-0.3, -0.25) is 0 Å². The number of hydrogen-bond donors (Lipinski definition) is 0. The van der Waals surface area contributed by atoms with Gasteiger partial charge in [0.2, 0.25) is 0 Å². The molecule has 0 saturated heterocycles. The number of halogens is 3. The van der Waals surface area contributed by atoms with E-state index in [9.17, 15) is 4.39 Å². The lowest BCUT2D eigenvalue weighted by molar-refractivity contribution is 0.0532. The van der Waals surface area contributed by atoms with Crippen LogP contribution < -0.4 is 0 Å². The molecule has 0 spiro atoms. The molecule has 0 atom stereocenters. The summed E-state index contributed by atoms with van der Waals surface area (Å²) in [6.07, 6.45) is 5.23. The van der Waals surface area contributed by atoms with Gasteiger partial charge in [-0.25, -0.2) is 9.37 Å². The normalized spacial score (nSPS) is 16.1. The Kier molecular flexibility index (Phi) is 4.82. The maximum atomic E-state index is 13.6. The molecule has 21 heavy (non-hydrogen) atoms. The van der Waals surface area contributed by atoms with E-state index >= 15 is 0 Å². The van der Waals surface area contributed by atoms with Gasteiger partial charge in [-0.2, -0.15) is 0 Å². The SMILES string of the molecule is Fc1cc2nc(CCl)n(CCOC3CCCC3)c2cc1Br. The van der Waals surface area contributed by atoms with Crippen molar-refractivity contribution in [3.63, 3.8) is 0 Å². The molecular weight excluding hydrogens is 359 g/mol. The van der Waals surface area contributed by atoms with Crippen LogP contribution in [0.1, 0.15) is 31.5 Å². The molecule has 1 aliphatic rings. The van der Waals surface area contributed by atoms with Crippen LogP contribution in [0.5, 0.6) is 0 Å². The summed E-state index contributed by atoms with van der Waals surface area (Å²) in [7, 11) is 0. The molecule has 2 aromatic rings. The molecule has 0 radical (unpaired) electrons. The zero-order chi connectivity index (χ0) is 14.8. The molecule has 0 unspecified atom stereocenters. The van der Waals surface area contributed by atoms with Gasteiger partial charge in [-0.15, -0.1) is 11.6 Å². The second kappa shape index (κ2) is 6.63. The summed E-state index contributed by atoms with van der Waals surface area (Å²) >= 11 is 9.18.